The number of amides is 1. The minimum Gasteiger partial charge on any atom is -0.334 e. The number of aromatic nitrogens is 1. The lowest BCUT2D eigenvalue weighted by Crippen LogP contribution is -2.11. The van der Waals surface area contributed by atoms with E-state index < -0.39 is 4.92 Å². The van der Waals surface area contributed by atoms with E-state index in [0.29, 0.717) is 16.9 Å². The van der Waals surface area contributed by atoms with Gasteiger partial charge in [-0.25, -0.2) is 4.98 Å². The maximum Gasteiger partial charge on any atom is 0.311 e. The highest BCUT2D eigenvalue weighted by molar-refractivity contribution is 6.04. The predicted molar refractivity (Wildman–Crippen MR) is 95.0 cm³/mol. The van der Waals surface area contributed by atoms with Crippen molar-refractivity contribution in [2.75, 3.05) is 10.6 Å². The number of anilines is 3. The number of nitrogens with one attached hydrogen (secondary N) is 2. The number of carbonyl (C=O) groups excluding carboxylic acids is 1. The molecule has 0 radical (unpaired) electrons. The average Bonchev–Trinajstić information content (AvgIpc) is 2.64. The standard InChI is InChI=1S/C18H14N4O3/c23-18(13-5-2-1-3-6-13)21-15-10-8-14(9-11-15)20-17-16(22(24)25)7-4-12-19-17/h1-12H,(H,19,20)(H,21,23). The lowest BCUT2D eigenvalue weighted by Gasteiger charge is -2.08. The molecule has 0 atom stereocenters. The number of carbonyl (C=O) groups is 1. The van der Waals surface area contributed by atoms with Crippen LogP contribution in [0.1, 0.15) is 10.4 Å². The van der Waals surface area contributed by atoms with Crippen LogP contribution >= 0.6 is 0 Å². The molecule has 3 rings (SSSR count). The lowest BCUT2D eigenvalue weighted by molar-refractivity contribution is -0.384. The van der Waals surface area contributed by atoms with E-state index in [0.717, 1.165) is 0 Å². The van der Waals surface area contributed by atoms with Crippen molar-refractivity contribution in [1.82, 2.24) is 4.98 Å². The highest BCUT2D eigenvalue weighted by Crippen LogP contribution is 2.25. The van der Waals surface area contributed by atoms with Gasteiger partial charge in [0.15, 0.2) is 0 Å². The third-order valence-electron chi connectivity index (χ3n) is 3.42. The van der Waals surface area contributed by atoms with Crippen molar-refractivity contribution in [3.05, 3.63) is 88.6 Å². The fourth-order valence-corrected chi connectivity index (χ4v) is 2.21. The Morgan fingerprint density at radius 2 is 1.60 bits per heavy atom. The van der Waals surface area contributed by atoms with Crippen LogP contribution < -0.4 is 10.6 Å². The molecule has 0 fully saturated rings. The van der Waals surface area contributed by atoms with Gasteiger partial charge in [-0.05, 0) is 42.5 Å². The first kappa shape index (κ1) is 16.1. The third-order valence-corrected chi connectivity index (χ3v) is 3.42. The number of rotatable bonds is 5. The van der Waals surface area contributed by atoms with Gasteiger partial charge in [-0.3, -0.25) is 14.9 Å². The molecule has 7 heteroatoms. The number of hydrogen-bond donors (Lipinski definition) is 2. The molecule has 1 aromatic heterocycles. The van der Waals surface area contributed by atoms with Crippen LogP contribution in [-0.4, -0.2) is 15.8 Å². The summed E-state index contributed by atoms with van der Waals surface area (Å²) in [5, 5.41) is 16.7. The average molecular weight is 334 g/mol. The summed E-state index contributed by atoms with van der Waals surface area (Å²) in [7, 11) is 0. The molecule has 2 aromatic carbocycles. The molecule has 7 nitrogen and oxygen atoms in total. The Morgan fingerprint density at radius 3 is 2.28 bits per heavy atom. The van der Waals surface area contributed by atoms with Crippen LogP contribution in [0.2, 0.25) is 0 Å². The second kappa shape index (κ2) is 7.22. The van der Waals surface area contributed by atoms with Crippen molar-refractivity contribution in [2.24, 2.45) is 0 Å². The van der Waals surface area contributed by atoms with Crippen molar-refractivity contribution in [3.8, 4) is 0 Å². The van der Waals surface area contributed by atoms with Gasteiger partial charge in [0.25, 0.3) is 5.91 Å². The summed E-state index contributed by atoms with van der Waals surface area (Å²) < 4.78 is 0. The largest absolute Gasteiger partial charge is 0.334 e. The second-order valence-corrected chi connectivity index (χ2v) is 5.15. The molecule has 0 saturated carbocycles. The zero-order valence-corrected chi connectivity index (χ0v) is 13.0. The Morgan fingerprint density at radius 1 is 0.920 bits per heavy atom. The van der Waals surface area contributed by atoms with Crippen molar-refractivity contribution < 1.29 is 9.72 Å². The van der Waals surface area contributed by atoms with Crippen LogP contribution in [0.25, 0.3) is 0 Å². The maximum atomic E-state index is 12.1. The molecular formula is C18H14N4O3. The van der Waals surface area contributed by atoms with E-state index in [2.05, 4.69) is 15.6 Å². The van der Waals surface area contributed by atoms with Crippen molar-refractivity contribution in [1.29, 1.82) is 0 Å². The molecule has 0 unspecified atom stereocenters. The number of benzene rings is 2. The molecule has 1 amide bonds. The summed E-state index contributed by atoms with van der Waals surface area (Å²) in [6, 6.07) is 18.6. The molecule has 3 aromatic rings. The van der Waals surface area contributed by atoms with Crippen molar-refractivity contribution in [3.63, 3.8) is 0 Å². The number of pyridine rings is 1. The fraction of sp³-hybridized carbons (Fsp3) is 0. The zero-order chi connectivity index (χ0) is 17.6. The summed E-state index contributed by atoms with van der Waals surface area (Å²) >= 11 is 0. The first-order valence-electron chi connectivity index (χ1n) is 7.46. The van der Waals surface area contributed by atoms with Gasteiger partial charge in [0.2, 0.25) is 5.82 Å². The van der Waals surface area contributed by atoms with Gasteiger partial charge in [0.1, 0.15) is 0 Å². The Hall–Kier alpha value is -3.74. The molecule has 0 aliphatic rings. The quantitative estimate of drug-likeness (QED) is 0.543. The Labute approximate surface area is 143 Å². The Kier molecular flexibility index (Phi) is 4.66. The van der Waals surface area contributed by atoms with Crippen LogP contribution in [0.15, 0.2) is 72.9 Å². The van der Waals surface area contributed by atoms with Gasteiger partial charge in [0.05, 0.1) is 4.92 Å². The van der Waals surface area contributed by atoms with E-state index in [1.807, 2.05) is 6.07 Å². The first-order chi connectivity index (χ1) is 12.1. The number of hydrogen-bond acceptors (Lipinski definition) is 5. The lowest BCUT2D eigenvalue weighted by atomic mass is 10.2. The third kappa shape index (κ3) is 3.97. The van der Waals surface area contributed by atoms with Gasteiger partial charge in [-0.2, -0.15) is 0 Å². The van der Waals surface area contributed by atoms with Crippen LogP contribution in [0.5, 0.6) is 0 Å². The topological polar surface area (TPSA) is 97.2 Å². The van der Waals surface area contributed by atoms with Gasteiger partial charge in [-0.1, -0.05) is 18.2 Å². The van der Waals surface area contributed by atoms with Crippen LogP contribution in [-0.2, 0) is 0 Å². The van der Waals surface area contributed by atoms with E-state index in [1.165, 1.54) is 18.3 Å². The van der Waals surface area contributed by atoms with E-state index >= 15 is 0 Å². The smallest absolute Gasteiger partial charge is 0.311 e. The van der Waals surface area contributed by atoms with Crippen LogP contribution in [0.3, 0.4) is 0 Å². The predicted octanol–water partition coefficient (Wildman–Crippen LogP) is 3.99. The molecule has 1 heterocycles. The van der Waals surface area contributed by atoms with Crippen molar-refractivity contribution in [2.45, 2.75) is 0 Å². The van der Waals surface area contributed by atoms with Crippen molar-refractivity contribution >= 4 is 28.8 Å². The monoisotopic (exact) mass is 334 g/mol. The van der Waals surface area contributed by atoms with Gasteiger partial charge in [0, 0.05) is 29.2 Å². The fourth-order valence-electron chi connectivity index (χ4n) is 2.21. The SMILES string of the molecule is O=C(Nc1ccc(Nc2ncccc2[N+](=O)[O-])cc1)c1ccccc1. The van der Waals surface area contributed by atoms with E-state index in [9.17, 15) is 14.9 Å². The molecule has 0 spiro atoms. The zero-order valence-electron chi connectivity index (χ0n) is 13.0. The highest BCUT2D eigenvalue weighted by atomic mass is 16.6. The van der Waals surface area contributed by atoms with E-state index in [4.69, 9.17) is 0 Å². The normalized spacial score (nSPS) is 10.1. The molecule has 0 aliphatic carbocycles. The van der Waals surface area contributed by atoms with Gasteiger partial charge in [-0.15, -0.1) is 0 Å². The Bertz CT molecular complexity index is 896. The van der Waals surface area contributed by atoms with Gasteiger partial charge < -0.3 is 10.6 Å². The number of nitro groups is 1. The number of nitrogens with zero attached hydrogens (tertiary/aromatic N) is 2. The molecular weight excluding hydrogens is 320 g/mol. The summed E-state index contributed by atoms with van der Waals surface area (Å²) in [6.07, 6.45) is 1.48. The minimum absolute atomic E-state index is 0.107. The summed E-state index contributed by atoms with van der Waals surface area (Å²) in [6.45, 7) is 0. The van der Waals surface area contributed by atoms with E-state index in [1.54, 1.807) is 48.5 Å². The summed E-state index contributed by atoms with van der Waals surface area (Å²) in [4.78, 5) is 26.6. The molecule has 2 N–H and O–H groups in total. The molecule has 124 valence electrons. The maximum absolute atomic E-state index is 12.1. The molecule has 25 heavy (non-hydrogen) atoms. The minimum atomic E-state index is -0.496. The molecule has 0 aliphatic heterocycles. The molecule has 0 saturated heterocycles. The van der Waals surface area contributed by atoms with E-state index in [-0.39, 0.29) is 17.4 Å². The Balaban J connectivity index is 1.71. The van der Waals surface area contributed by atoms with Crippen LogP contribution in [0.4, 0.5) is 22.9 Å². The second-order valence-electron chi connectivity index (χ2n) is 5.15. The summed E-state index contributed by atoms with van der Waals surface area (Å²) in [5.41, 5.74) is 1.70. The summed E-state index contributed by atoms with van der Waals surface area (Å²) in [5.74, 6) is -0.0461. The molecule has 0 bridgehead atoms. The van der Waals surface area contributed by atoms with Crippen LogP contribution in [0, 0.1) is 10.1 Å². The van der Waals surface area contributed by atoms with Gasteiger partial charge >= 0.3 is 5.69 Å². The highest BCUT2D eigenvalue weighted by Gasteiger charge is 2.14. The first-order valence-corrected chi connectivity index (χ1v) is 7.46.